The zero-order valence-corrected chi connectivity index (χ0v) is 19.0. The molecule has 4 heterocycles. The van der Waals surface area contributed by atoms with Gasteiger partial charge >= 0.3 is 5.69 Å². The van der Waals surface area contributed by atoms with Crippen LogP contribution in [0.4, 0.5) is 4.39 Å². The first kappa shape index (κ1) is 20.3. The molecule has 6 rings (SSSR count). The van der Waals surface area contributed by atoms with Gasteiger partial charge in [-0.3, -0.25) is 4.57 Å². The van der Waals surface area contributed by atoms with E-state index in [1.807, 2.05) is 30.3 Å². The van der Waals surface area contributed by atoms with Crippen molar-refractivity contribution in [3.05, 3.63) is 86.9 Å². The molecule has 6 nitrogen and oxygen atoms in total. The monoisotopic (exact) mass is 460 g/mol. The largest absolute Gasteiger partial charge is 0.370 e. The number of halogens is 1. The van der Waals surface area contributed by atoms with E-state index in [1.54, 1.807) is 22.8 Å². The third kappa shape index (κ3) is 3.29. The molecule has 3 aromatic heterocycles. The van der Waals surface area contributed by atoms with E-state index in [9.17, 15) is 9.18 Å². The Bertz CT molecular complexity index is 1580. The first-order valence-electron chi connectivity index (χ1n) is 10.8. The summed E-state index contributed by atoms with van der Waals surface area (Å²) < 4.78 is 23.5. The fourth-order valence-corrected chi connectivity index (χ4v) is 5.63. The molecule has 2 aromatic carbocycles. The van der Waals surface area contributed by atoms with Gasteiger partial charge in [0.05, 0.1) is 24.1 Å². The first-order valence-corrected chi connectivity index (χ1v) is 11.6. The highest BCUT2D eigenvalue weighted by molar-refractivity contribution is 7.19. The van der Waals surface area contributed by atoms with Gasteiger partial charge in [0.1, 0.15) is 10.6 Å². The summed E-state index contributed by atoms with van der Waals surface area (Å²) in [6, 6.07) is 16.1. The zero-order valence-electron chi connectivity index (χ0n) is 18.2. The van der Waals surface area contributed by atoms with Crippen LogP contribution in [0.15, 0.2) is 59.4 Å². The third-order valence-electron chi connectivity index (χ3n) is 6.07. The van der Waals surface area contributed by atoms with E-state index < -0.39 is 0 Å². The van der Waals surface area contributed by atoms with Gasteiger partial charge in [-0.2, -0.15) is 4.52 Å². The van der Waals surface area contributed by atoms with Crippen molar-refractivity contribution in [1.29, 1.82) is 0 Å². The van der Waals surface area contributed by atoms with Crippen LogP contribution in [0.3, 0.4) is 0 Å². The Morgan fingerprint density at radius 1 is 1.12 bits per heavy atom. The van der Waals surface area contributed by atoms with E-state index >= 15 is 0 Å². The van der Waals surface area contributed by atoms with Gasteiger partial charge in [-0.25, -0.2) is 14.2 Å². The molecule has 0 unspecified atom stereocenters. The summed E-state index contributed by atoms with van der Waals surface area (Å²) in [6.45, 7) is 4.71. The molecule has 8 heteroatoms. The van der Waals surface area contributed by atoms with Gasteiger partial charge in [0.25, 0.3) is 0 Å². The lowest BCUT2D eigenvalue weighted by Crippen LogP contribution is -2.31. The van der Waals surface area contributed by atoms with Crippen molar-refractivity contribution in [2.24, 2.45) is 0 Å². The Morgan fingerprint density at radius 2 is 1.88 bits per heavy atom. The maximum atomic E-state index is 14.5. The summed E-state index contributed by atoms with van der Waals surface area (Å²) >= 11 is 1.52. The molecule has 5 aromatic rings. The van der Waals surface area contributed by atoms with Gasteiger partial charge in [-0.15, -0.1) is 16.4 Å². The van der Waals surface area contributed by atoms with Gasteiger partial charge in [0.2, 0.25) is 0 Å². The predicted molar refractivity (Wildman–Crippen MR) is 126 cm³/mol. The minimum Gasteiger partial charge on any atom is -0.370 e. The molecule has 0 spiro atoms. The van der Waals surface area contributed by atoms with Crippen LogP contribution in [-0.4, -0.2) is 24.8 Å². The van der Waals surface area contributed by atoms with Crippen LogP contribution in [0, 0.1) is 5.82 Å². The maximum Gasteiger partial charge on any atom is 0.352 e. The number of hydrogen-bond acceptors (Lipinski definition) is 5. The highest BCUT2D eigenvalue weighted by atomic mass is 32.1. The smallest absolute Gasteiger partial charge is 0.352 e. The second-order valence-corrected chi connectivity index (χ2v) is 9.99. The van der Waals surface area contributed by atoms with Gasteiger partial charge in [-0.05, 0) is 25.5 Å². The molecule has 1 aliphatic heterocycles. The number of nitrogens with zero attached hydrogens (tertiary/aromatic N) is 4. The SMILES string of the molecule is CC1(C)Cc2c(sc3c2c2nc(-c4ccccc4)nn2c(=O)n3Cc2ccccc2F)CO1. The Kier molecular flexibility index (Phi) is 4.50. The summed E-state index contributed by atoms with van der Waals surface area (Å²) in [7, 11) is 0. The molecule has 0 atom stereocenters. The molecule has 0 saturated carbocycles. The molecule has 0 N–H and O–H groups in total. The fourth-order valence-electron chi connectivity index (χ4n) is 4.41. The molecule has 0 bridgehead atoms. The Hall–Kier alpha value is -3.36. The summed E-state index contributed by atoms with van der Waals surface area (Å²) in [5.74, 6) is 0.149. The van der Waals surface area contributed by atoms with E-state index in [0.717, 1.165) is 26.2 Å². The topological polar surface area (TPSA) is 61.4 Å². The van der Waals surface area contributed by atoms with Gasteiger partial charge < -0.3 is 4.74 Å². The minimum absolute atomic E-state index is 0.113. The van der Waals surface area contributed by atoms with Gasteiger partial charge in [-0.1, -0.05) is 48.5 Å². The molecule has 0 amide bonds. The second kappa shape index (κ2) is 7.33. The van der Waals surface area contributed by atoms with Crippen molar-refractivity contribution in [2.45, 2.75) is 39.0 Å². The summed E-state index contributed by atoms with van der Waals surface area (Å²) in [6.07, 6.45) is 0.698. The molecule has 166 valence electrons. The third-order valence-corrected chi connectivity index (χ3v) is 7.30. The molecular formula is C25H21FN4O2S. The van der Waals surface area contributed by atoms with E-state index in [0.29, 0.717) is 30.1 Å². The van der Waals surface area contributed by atoms with Crippen molar-refractivity contribution in [2.75, 3.05) is 0 Å². The average Bonchev–Trinajstić information content (AvgIpc) is 3.39. The molecule has 0 saturated heterocycles. The van der Waals surface area contributed by atoms with Crippen LogP contribution < -0.4 is 5.69 Å². The highest BCUT2D eigenvalue weighted by Crippen LogP contribution is 2.40. The summed E-state index contributed by atoms with van der Waals surface area (Å²) in [4.78, 5) is 20.3. The van der Waals surface area contributed by atoms with E-state index in [2.05, 4.69) is 18.9 Å². The van der Waals surface area contributed by atoms with Gasteiger partial charge in [0.15, 0.2) is 11.5 Å². The molecule has 33 heavy (non-hydrogen) atoms. The van der Waals surface area contributed by atoms with Crippen LogP contribution in [-0.2, 0) is 24.3 Å². The van der Waals surface area contributed by atoms with Crippen LogP contribution in [0.25, 0.3) is 27.3 Å². The normalized spacial score (nSPS) is 15.2. The number of ether oxygens (including phenoxy) is 1. The lowest BCUT2D eigenvalue weighted by molar-refractivity contribution is -0.0379. The highest BCUT2D eigenvalue weighted by Gasteiger charge is 2.32. The van der Waals surface area contributed by atoms with Crippen LogP contribution >= 0.6 is 11.3 Å². The Labute approximate surface area is 192 Å². The number of fused-ring (bicyclic) bond motifs is 5. The average molecular weight is 461 g/mol. The molecule has 0 radical (unpaired) electrons. The first-order chi connectivity index (χ1) is 15.9. The van der Waals surface area contributed by atoms with Crippen molar-refractivity contribution in [3.63, 3.8) is 0 Å². The summed E-state index contributed by atoms with van der Waals surface area (Å²) in [5.41, 5.74) is 2.29. The van der Waals surface area contributed by atoms with E-state index in [4.69, 9.17) is 9.72 Å². The standard InChI is InChI=1S/C25H21FN4O2S/c1-25(2)12-17-19(14-32-25)33-23-20(17)22-27-21(15-8-4-3-5-9-15)28-30(22)24(31)29(23)13-16-10-6-7-11-18(16)26/h3-11H,12-14H2,1-2H3. The number of thiophene rings is 1. The molecule has 0 aliphatic carbocycles. The Morgan fingerprint density at radius 3 is 2.67 bits per heavy atom. The number of aromatic nitrogens is 4. The van der Waals surface area contributed by atoms with Crippen molar-refractivity contribution >= 4 is 27.2 Å². The number of benzene rings is 2. The van der Waals surface area contributed by atoms with Crippen molar-refractivity contribution in [3.8, 4) is 11.4 Å². The fraction of sp³-hybridized carbons (Fsp3) is 0.240. The zero-order chi connectivity index (χ0) is 22.7. The maximum absolute atomic E-state index is 14.5. The van der Waals surface area contributed by atoms with Crippen molar-refractivity contribution in [1.82, 2.24) is 19.2 Å². The predicted octanol–water partition coefficient (Wildman–Crippen LogP) is 4.81. The quantitative estimate of drug-likeness (QED) is 0.388. The molecular weight excluding hydrogens is 439 g/mol. The molecule has 0 fully saturated rings. The van der Waals surface area contributed by atoms with Crippen molar-refractivity contribution < 1.29 is 9.13 Å². The van der Waals surface area contributed by atoms with Crippen LogP contribution in [0.2, 0.25) is 0 Å². The van der Waals surface area contributed by atoms with Crippen LogP contribution in [0.1, 0.15) is 29.9 Å². The lowest BCUT2D eigenvalue weighted by Gasteiger charge is -2.30. The van der Waals surface area contributed by atoms with E-state index in [1.165, 1.54) is 21.9 Å². The second-order valence-electron chi connectivity index (χ2n) is 8.91. The lowest BCUT2D eigenvalue weighted by atomic mass is 9.94. The van der Waals surface area contributed by atoms with Gasteiger partial charge in [0, 0.05) is 22.4 Å². The number of rotatable bonds is 3. The van der Waals surface area contributed by atoms with E-state index in [-0.39, 0.29) is 23.7 Å². The molecule has 1 aliphatic rings. The number of hydrogen-bond donors (Lipinski definition) is 0. The minimum atomic E-state index is -0.341. The Balaban J connectivity index is 1.67. The summed E-state index contributed by atoms with van der Waals surface area (Å²) in [5, 5.41) is 5.47. The van der Waals surface area contributed by atoms with Crippen LogP contribution in [0.5, 0.6) is 0 Å².